The minimum absolute atomic E-state index is 0.667. The first kappa shape index (κ1) is 12.1. The summed E-state index contributed by atoms with van der Waals surface area (Å²) < 4.78 is 5.76. The van der Waals surface area contributed by atoms with Gasteiger partial charge in [0.15, 0.2) is 11.5 Å². The van der Waals surface area contributed by atoms with Gasteiger partial charge < -0.3 is 9.73 Å². The Bertz CT molecular complexity index is 704. The van der Waals surface area contributed by atoms with Gasteiger partial charge in [-0.15, -0.1) is 0 Å². The zero-order chi connectivity index (χ0) is 13.2. The smallest absolute Gasteiger partial charge is 0.199 e. The lowest BCUT2D eigenvalue weighted by Gasteiger charge is -1.97. The first-order valence-corrected chi connectivity index (χ1v) is 6.44. The van der Waals surface area contributed by atoms with Crippen LogP contribution in [-0.4, -0.2) is 12.0 Å². The summed E-state index contributed by atoms with van der Waals surface area (Å²) >= 11 is 5.87. The molecule has 0 spiro atoms. The van der Waals surface area contributed by atoms with Crippen LogP contribution in [0, 0.1) is 0 Å². The number of halogens is 1. The molecule has 3 rings (SSSR count). The molecule has 0 saturated heterocycles. The summed E-state index contributed by atoms with van der Waals surface area (Å²) in [6.45, 7) is 0. The van der Waals surface area contributed by atoms with Gasteiger partial charge in [0, 0.05) is 30.2 Å². The first-order valence-electron chi connectivity index (χ1n) is 6.06. The van der Waals surface area contributed by atoms with E-state index >= 15 is 0 Å². The molecule has 0 fully saturated rings. The van der Waals surface area contributed by atoms with E-state index in [1.54, 1.807) is 0 Å². The number of anilines is 1. The molecule has 3 nitrogen and oxygen atoms in total. The molecule has 4 heteroatoms. The Labute approximate surface area is 116 Å². The fourth-order valence-electron chi connectivity index (χ4n) is 1.98. The first-order chi connectivity index (χ1) is 9.24. The average molecular weight is 273 g/mol. The summed E-state index contributed by atoms with van der Waals surface area (Å²) in [7, 11) is 1.88. The Morgan fingerprint density at radius 2 is 1.95 bits per heavy atom. The summed E-state index contributed by atoms with van der Waals surface area (Å²) in [5.41, 5.74) is 3.82. The van der Waals surface area contributed by atoms with Gasteiger partial charge in [-0.1, -0.05) is 23.7 Å². The maximum absolute atomic E-state index is 5.87. The van der Waals surface area contributed by atoms with Gasteiger partial charge in [-0.3, -0.25) is 0 Å². The van der Waals surface area contributed by atoms with Crippen molar-refractivity contribution >= 4 is 28.4 Å². The molecule has 0 bridgehead atoms. The number of nitrogens with zero attached hydrogens (tertiary/aromatic N) is 1. The van der Waals surface area contributed by atoms with Gasteiger partial charge in [0.25, 0.3) is 0 Å². The molecule has 0 amide bonds. The molecule has 1 heterocycles. The molecule has 0 saturated carbocycles. The molecule has 0 aliphatic carbocycles. The second-order valence-electron chi connectivity index (χ2n) is 4.34. The molecule has 3 aromatic rings. The van der Waals surface area contributed by atoms with Crippen molar-refractivity contribution in [2.24, 2.45) is 0 Å². The number of oxazole rings is 1. The number of hydrogen-bond acceptors (Lipinski definition) is 3. The molecule has 0 aliphatic rings. The molecule has 2 aromatic carbocycles. The normalized spacial score (nSPS) is 10.8. The molecule has 96 valence electrons. The minimum atomic E-state index is 0.667. The van der Waals surface area contributed by atoms with Crippen LogP contribution in [0.5, 0.6) is 0 Å². The standard InChI is InChI=1S/C15H13ClN2O/c1-17-12-6-7-13-14(9-12)19-15(18-13)8-10-2-4-11(16)5-3-10/h2-7,9,17H,8H2,1H3. The molecular formula is C15H13ClN2O. The van der Waals surface area contributed by atoms with E-state index in [2.05, 4.69) is 10.3 Å². The van der Waals surface area contributed by atoms with E-state index in [1.807, 2.05) is 49.5 Å². The molecule has 1 N–H and O–H groups in total. The maximum atomic E-state index is 5.87. The number of benzene rings is 2. The number of fused-ring (bicyclic) bond motifs is 1. The van der Waals surface area contributed by atoms with Crippen LogP contribution in [0.4, 0.5) is 5.69 Å². The molecule has 0 atom stereocenters. The average Bonchev–Trinajstić information content (AvgIpc) is 2.82. The van der Waals surface area contributed by atoms with Crippen molar-refractivity contribution in [2.75, 3.05) is 12.4 Å². The van der Waals surface area contributed by atoms with Crippen LogP contribution in [0.1, 0.15) is 11.5 Å². The van der Waals surface area contributed by atoms with Crippen molar-refractivity contribution < 1.29 is 4.42 Å². The minimum Gasteiger partial charge on any atom is -0.440 e. The Balaban J connectivity index is 1.90. The SMILES string of the molecule is CNc1ccc2nc(Cc3ccc(Cl)cc3)oc2c1. The van der Waals surface area contributed by atoms with Crippen LogP contribution >= 0.6 is 11.6 Å². The van der Waals surface area contributed by atoms with Crippen molar-refractivity contribution in [3.8, 4) is 0 Å². The van der Waals surface area contributed by atoms with E-state index in [1.165, 1.54) is 0 Å². The fraction of sp³-hybridized carbons (Fsp3) is 0.133. The van der Waals surface area contributed by atoms with Gasteiger partial charge in [-0.25, -0.2) is 4.98 Å². The number of rotatable bonds is 3. The van der Waals surface area contributed by atoms with Crippen molar-refractivity contribution in [3.05, 3.63) is 58.9 Å². The third-order valence-corrected chi connectivity index (χ3v) is 3.24. The van der Waals surface area contributed by atoms with Crippen LogP contribution in [0.2, 0.25) is 5.02 Å². The molecule has 19 heavy (non-hydrogen) atoms. The second-order valence-corrected chi connectivity index (χ2v) is 4.78. The molecular weight excluding hydrogens is 260 g/mol. The van der Waals surface area contributed by atoms with E-state index in [0.29, 0.717) is 12.3 Å². The highest BCUT2D eigenvalue weighted by atomic mass is 35.5. The van der Waals surface area contributed by atoms with Gasteiger partial charge in [0.1, 0.15) is 5.52 Å². The number of aromatic nitrogens is 1. The van der Waals surface area contributed by atoms with Crippen LogP contribution in [0.3, 0.4) is 0 Å². The van der Waals surface area contributed by atoms with E-state index < -0.39 is 0 Å². The fourth-order valence-corrected chi connectivity index (χ4v) is 2.11. The van der Waals surface area contributed by atoms with Crippen molar-refractivity contribution in [2.45, 2.75) is 6.42 Å². The summed E-state index contributed by atoms with van der Waals surface area (Å²) in [6, 6.07) is 13.6. The van der Waals surface area contributed by atoms with Gasteiger partial charge in [0.05, 0.1) is 0 Å². The highest BCUT2D eigenvalue weighted by Gasteiger charge is 2.07. The second kappa shape index (κ2) is 4.94. The van der Waals surface area contributed by atoms with Crippen molar-refractivity contribution in [3.63, 3.8) is 0 Å². The van der Waals surface area contributed by atoms with Crippen LogP contribution in [0.25, 0.3) is 11.1 Å². The summed E-state index contributed by atoms with van der Waals surface area (Å²) in [6.07, 6.45) is 0.667. The highest BCUT2D eigenvalue weighted by molar-refractivity contribution is 6.30. The summed E-state index contributed by atoms with van der Waals surface area (Å²) in [4.78, 5) is 4.48. The highest BCUT2D eigenvalue weighted by Crippen LogP contribution is 2.21. The Kier molecular flexibility index (Phi) is 3.13. The zero-order valence-corrected chi connectivity index (χ0v) is 11.2. The van der Waals surface area contributed by atoms with Gasteiger partial charge in [0.2, 0.25) is 0 Å². The van der Waals surface area contributed by atoms with Crippen LogP contribution < -0.4 is 5.32 Å². The van der Waals surface area contributed by atoms with E-state index in [9.17, 15) is 0 Å². The third-order valence-electron chi connectivity index (χ3n) is 2.99. The Morgan fingerprint density at radius 3 is 2.68 bits per heavy atom. The zero-order valence-electron chi connectivity index (χ0n) is 10.5. The van der Waals surface area contributed by atoms with Gasteiger partial charge in [-0.05, 0) is 29.8 Å². The molecule has 1 aromatic heterocycles. The lowest BCUT2D eigenvalue weighted by Crippen LogP contribution is -1.87. The quantitative estimate of drug-likeness (QED) is 0.780. The van der Waals surface area contributed by atoms with Crippen LogP contribution in [0.15, 0.2) is 46.9 Å². The maximum Gasteiger partial charge on any atom is 0.199 e. The summed E-state index contributed by atoms with van der Waals surface area (Å²) in [5.74, 6) is 0.713. The lowest BCUT2D eigenvalue weighted by molar-refractivity contribution is 0.544. The van der Waals surface area contributed by atoms with Crippen molar-refractivity contribution in [1.82, 2.24) is 4.98 Å². The largest absolute Gasteiger partial charge is 0.440 e. The third kappa shape index (κ3) is 2.56. The predicted molar refractivity (Wildman–Crippen MR) is 77.8 cm³/mol. The van der Waals surface area contributed by atoms with E-state index in [-0.39, 0.29) is 0 Å². The predicted octanol–water partition coefficient (Wildman–Crippen LogP) is 4.11. The van der Waals surface area contributed by atoms with E-state index in [4.69, 9.17) is 16.0 Å². The molecule has 0 radical (unpaired) electrons. The Hall–Kier alpha value is -2.00. The van der Waals surface area contributed by atoms with E-state index in [0.717, 1.165) is 27.4 Å². The Morgan fingerprint density at radius 1 is 1.16 bits per heavy atom. The van der Waals surface area contributed by atoms with Gasteiger partial charge >= 0.3 is 0 Å². The number of nitrogens with one attached hydrogen (secondary N) is 1. The number of hydrogen-bond donors (Lipinski definition) is 1. The van der Waals surface area contributed by atoms with Gasteiger partial charge in [-0.2, -0.15) is 0 Å². The summed E-state index contributed by atoms with van der Waals surface area (Å²) in [5, 5.41) is 3.82. The molecule has 0 aliphatic heterocycles. The van der Waals surface area contributed by atoms with Crippen molar-refractivity contribution in [1.29, 1.82) is 0 Å². The van der Waals surface area contributed by atoms with Crippen LogP contribution in [-0.2, 0) is 6.42 Å². The topological polar surface area (TPSA) is 38.1 Å². The molecule has 0 unspecified atom stereocenters. The monoisotopic (exact) mass is 272 g/mol. The lowest BCUT2D eigenvalue weighted by atomic mass is 10.1.